The van der Waals surface area contributed by atoms with Crippen molar-refractivity contribution in [3.8, 4) is 0 Å². The lowest BCUT2D eigenvalue weighted by Crippen LogP contribution is -2.45. The molecule has 0 bridgehead atoms. The summed E-state index contributed by atoms with van der Waals surface area (Å²) < 4.78 is 14.1. The topological polar surface area (TPSA) is 55.1 Å². The molecule has 0 fully saturated rings. The second-order valence-corrected chi connectivity index (χ2v) is 6.02. The predicted octanol–water partition coefficient (Wildman–Crippen LogP) is 4.05. The molecule has 1 unspecified atom stereocenters. The Morgan fingerprint density at radius 2 is 2.05 bits per heavy atom. The summed E-state index contributed by atoms with van der Waals surface area (Å²) in [6, 6.07) is 10.9. The first kappa shape index (κ1) is 15.8. The molecule has 0 heterocycles. The Labute approximate surface area is 135 Å². The minimum atomic E-state index is -1.24. The van der Waals surface area contributed by atoms with Crippen molar-refractivity contribution in [3.63, 3.8) is 0 Å². The number of anilines is 1. The van der Waals surface area contributed by atoms with Gasteiger partial charge in [-0.2, -0.15) is 0 Å². The number of primary amides is 1. The highest BCUT2D eigenvalue weighted by Gasteiger charge is 2.33. The maximum Gasteiger partial charge on any atom is 0.247 e. The van der Waals surface area contributed by atoms with E-state index in [1.807, 2.05) is 0 Å². The van der Waals surface area contributed by atoms with E-state index in [0.717, 1.165) is 0 Å². The van der Waals surface area contributed by atoms with Gasteiger partial charge >= 0.3 is 0 Å². The third-order valence-electron chi connectivity index (χ3n) is 3.21. The maximum atomic E-state index is 13.4. The molecule has 0 radical (unpaired) electrons. The zero-order valence-corrected chi connectivity index (χ0v) is 13.5. The van der Waals surface area contributed by atoms with Crippen LogP contribution in [0.5, 0.6) is 0 Å². The normalized spacial score (nSPS) is 13.5. The predicted molar refractivity (Wildman–Crippen MR) is 85.7 cm³/mol. The number of halogens is 3. The van der Waals surface area contributed by atoms with Crippen molar-refractivity contribution in [1.82, 2.24) is 0 Å². The van der Waals surface area contributed by atoms with Crippen LogP contribution >= 0.6 is 27.5 Å². The second kappa shape index (κ2) is 6.03. The van der Waals surface area contributed by atoms with Gasteiger partial charge in [0.15, 0.2) is 0 Å². The van der Waals surface area contributed by atoms with Gasteiger partial charge in [0.1, 0.15) is 11.4 Å². The lowest BCUT2D eigenvalue weighted by atomic mass is 9.90. The average Bonchev–Trinajstić information content (AvgIpc) is 2.42. The third-order valence-corrected chi connectivity index (χ3v) is 4.42. The number of carbonyl (C=O) groups excluding carboxylic acids is 1. The standard InChI is InChI=1S/C15H13BrClFN2O/c1-15(14(19)21,9-3-2-4-10(18)7-9)20-11-5-6-13(17)12(16)8-11/h2-8,20H,1H3,(H2,19,21). The lowest BCUT2D eigenvalue weighted by molar-refractivity contribution is -0.122. The minimum absolute atomic E-state index is 0.431. The fourth-order valence-corrected chi connectivity index (χ4v) is 2.43. The first-order chi connectivity index (χ1) is 9.83. The fourth-order valence-electron chi connectivity index (χ4n) is 1.94. The average molecular weight is 372 g/mol. The van der Waals surface area contributed by atoms with E-state index in [9.17, 15) is 9.18 Å². The highest BCUT2D eigenvalue weighted by Crippen LogP contribution is 2.30. The van der Waals surface area contributed by atoms with E-state index in [2.05, 4.69) is 21.2 Å². The Hall–Kier alpha value is -1.59. The van der Waals surface area contributed by atoms with E-state index < -0.39 is 17.3 Å². The van der Waals surface area contributed by atoms with Crippen LogP contribution in [-0.4, -0.2) is 5.91 Å². The zero-order chi connectivity index (χ0) is 15.6. The van der Waals surface area contributed by atoms with Gasteiger partial charge in [0, 0.05) is 10.2 Å². The van der Waals surface area contributed by atoms with Gasteiger partial charge in [-0.1, -0.05) is 23.7 Å². The molecule has 3 N–H and O–H groups in total. The molecular formula is C15H13BrClFN2O. The molecule has 0 aliphatic heterocycles. The second-order valence-electron chi connectivity index (χ2n) is 4.75. The number of carbonyl (C=O) groups is 1. The SMILES string of the molecule is CC(Nc1ccc(Cl)c(Br)c1)(C(N)=O)c1cccc(F)c1. The van der Waals surface area contributed by atoms with Crippen molar-refractivity contribution in [2.24, 2.45) is 5.73 Å². The van der Waals surface area contributed by atoms with Gasteiger partial charge in [0.2, 0.25) is 5.91 Å². The third kappa shape index (κ3) is 3.36. The highest BCUT2D eigenvalue weighted by molar-refractivity contribution is 9.10. The van der Waals surface area contributed by atoms with Crippen molar-refractivity contribution >= 4 is 39.1 Å². The summed E-state index contributed by atoms with van der Waals surface area (Å²) in [6.07, 6.45) is 0. The number of nitrogens with one attached hydrogen (secondary N) is 1. The molecule has 2 aromatic carbocycles. The molecule has 1 amide bonds. The molecule has 0 spiro atoms. The molecule has 21 heavy (non-hydrogen) atoms. The summed E-state index contributed by atoms with van der Waals surface area (Å²) in [5.74, 6) is -1.04. The number of amides is 1. The van der Waals surface area contributed by atoms with Gasteiger partial charge in [-0.3, -0.25) is 4.79 Å². The summed E-state index contributed by atoms with van der Waals surface area (Å²) in [5.41, 5.74) is 5.35. The summed E-state index contributed by atoms with van der Waals surface area (Å²) in [5, 5.41) is 3.58. The van der Waals surface area contributed by atoms with Crippen LogP contribution in [0.15, 0.2) is 46.9 Å². The summed E-state index contributed by atoms with van der Waals surface area (Å²) in [7, 11) is 0. The van der Waals surface area contributed by atoms with Crippen molar-refractivity contribution in [2.75, 3.05) is 5.32 Å². The van der Waals surface area contributed by atoms with Gasteiger partial charge in [0.25, 0.3) is 0 Å². The quantitative estimate of drug-likeness (QED) is 0.852. The summed E-state index contributed by atoms with van der Waals surface area (Å²) in [4.78, 5) is 11.9. The smallest absolute Gasteiger partial charge is 0.247 e. The maximum absolute atomic E-state index is 13.4. The zero-order valence-electron chi connectivity index (χ0n) is 11.2. The Morgan fingerprint density at radius 1 is 1.33 bits per heavy atom. The van der Waals surface area contributed by atoms with Crippen LogP contribution in [0, 0.1) is 5.82 Å². The Morgan fingerprint density at radius 3 is 2.62 bits per heavy atom. The molecule has 0 aliphatic rings. The van der Waals surface area contributed by atoms with Crippen molar-refractivity contribution < 1.29 is 9.18 Å². The molecule has 0 saturated heterocycles. The first-order valence-electron chi connectivity index (χ1n) is 6.12. The molecule has 0 aromatic heterocycles. The highest BCUT2D eigenvalue weighted by atomic mass is 79.9. The Kier molecular flexibility index (Phi) is 4.54. The molecule has 110 valence electrons. The largest absolute Gasteiger partial charge is 0.368 e. The fraction of sp³-hybridized carbons (Fsp3) is 0.133. The van der Waals surface area contributed by atoms with E-state index in [1.165, 1.54) is 18.2 Å². The van der Waals surface area contributed by atoms with Crippen molar-refractivity contribution in [1.29, 1.82) is 0 Å². The van der Waals surface area contributed by atoms with Crippen LogP contribution in [0.25, 0.3) is 0 Å². The van der Waals surface area contributed by atoms with Crippen LogP contribution in [0.3, 0.4) is 0 Å². The number of rotatable bonds is 4. The van der Waals surface area contributed by atoms with Gasteiger partial charge in [-0.15, -0.1) is 0 Å². The van der Waals surface area contributed by atoms with Gasteiger partial charge in [-0.05, 0) is 58.7 Å². The molecule has 2 aromatic rings. The number of nitrogens with two attached hydrogens (primary N) is 1. The molecule has 0 aliphatic carbocycles. The van der Waals surface area contributed by atoms with E-state index >= 15 is 0 Å². The van der Waals surface area contributed by atoms with Crippen LogP contribution < -0.4 is 11.1 Å². The molecule has 2 rings (SSSR count). The number of hydrogen-bond donors (Lipinski definition) is 2. The Bertz CT molecular complexity index is 695. The summed E-state index contributed by atoms with van der Waals surface area (Å²) >= 11 is 9.25. The molecule has 0 saturated carbocycles. The van der Waals surface area contributed by atoms with Gasteiger partial charge < -0.3 is 11.1 Å². The van der Waals surface area contributed by atoms with Crippen molar-refractivity contribution in [2.45, 2.75) is 12.5 Å². The van der Waals surface area contributed by atoms with Gasteiger partial charge in [-0.25, -0.2) is 4.39 Å². The van der Waals surface area contributed by atoms with Gasteiger partial charge in [0.05, 0.1) is 5.02 Å². The Balaban J connectivity index is 2.43. The van der Waals surface area contributed by atoms with Crippen LogP contribution in [0.2, 0.25) is 5.02 Å². The number of benzene rings is 2. The molecular weight excluding hydrogens is 359 g/mol. The molecule has 6 heteroatoms. The molecule has 1 atom stereocenters. The first-order valence-corrected chi connectivity index (χ1v) is 7.29. The van der Waals surface area contributed by atoms with E-state index in [1.54, 1.807) is 31.2 Å². The van der Waals surface area contributed by atoms with Crippen LogP contribution in [0.4, 0.5) is 10.1 Å². The van der Waals surface area contributed by atoms with E-state index in [0.29, 0.717) is 20.7 Å². The lowest BCUT2D eigenvalue weighted by Gasteiger charge is -2.29. The summed E-state index contributed by atoms with van der Waals surface area (Å²) in [6.45, 7) is 1.60. The minimum Gasteiger partial charge on any atom is -0.368 e. The van der Waals surface area contributed by atoms with Crippen LogP contribution in [0.1, 0.15) is 12.5 Å². The van der Waals surface area contributed by atoms with E-state index in [-0.39, 0.29) is 0 Å². The van der Waals surface area contributed by atoms with E-state index in [4.69, 9.17) is 17.3 Å². The van der Waals surface area contributed by atoms with Crippen LogP contribution in [-0.2, 0) is 10.3 Å². The number of hydrogen-bond acceptors (Lipinski definition) is 2. The van der Waals surface area contributed by atoms with Crippen molar-refractivity contribution in [3.05, 3.63) is 63.3 Å². The monoisotopic (exact) mass is 370 g/mol. The molecule has 3 nitrogen and oxygen atoms in total.